The summed E-state index contributed by atoms with van der Waals surface area (Å²) < 4.78 is 12.2. The van der Waals surface area contributed by atoms with E-state index in [1.165, 1.54) is 25.7 Å². The Hall–Kier alpha value is -1.53. The molecule has 0 radical (unpaired) electrons. The molecule has 3 heterocycles. The molecule has 1 spiro atoms. The van der Waals surface area contributed by atoms with Gasteiger partial charge in [0, 0.05) is 32.0 Å². The van der Waals surface area contributed by atoms with Crippen LogP contribution in [0.4, 0.5) is 0 Å². The molecule has 4 rings (SSSR count). The second-order valence-corrected chi connectivity index (χ2v) is 7.36. The Bertz CT molecular complexity index is 568. The zero-order valence-electron chi connectivity index (χ0n) is 14.0. The Morgan fingerprint density at radius 3 is 2.75 bits per heavy atom. The van der Waals surface area contributed by atoms with Gasteiger partial charge in [-0.05, 0) is 31.2 Å². The minimum absolute atomic E-state index is 0.112. The zero-order chi connectivity index (χ0) is 16.4. The molecule has 1 aliphatic carbocycles. The van der Waals surface area contributed by atoms with Crippen molar-refractivity contribution in [2.24, 2.45) is 5.92 Å². The SMILES string of the molecule is O=C(c1ncccn1)N1CC2(CC(OCC3CCCC3)CCO2)C1. The minimum Gasteiger partial charge on any atom is -0.378 e. The largest absolute Gasteiger partial charge is 0.378 e. The number of likely N-dealkylation sites (tertiary alicyclic amines) is 1. The third-order valence-corrected chi connectivity index (χ3v) is 5.49. The first-order valence-corrected chi connectivity index (χ1v) is 9.06. The van der Waals surface area contributed by atoms with Crippen molar-refractivity contribution >= 4 is 5.91 Å². The quantitative estimate of drug-likeness (QED) is 0.845. The molecule has 6 heteroatoms. The highest BCUT2D eigenvalue weighted by Crippen LogP contribution is 2.36. The summed E-state index contributed by atoms with van der Waals surface area (Å²) in [5.74, 6) is 0.898. The first kappa shape index (κ1) is 16.0. The number of carbonyl (C=O) groups is 1. The van der Waals surface area contributed by atoms with Gasteiger partial charge < -0.3 is 14.4 Å². The third-order valence-electron chi connectivity index (χ3n) is 5.49. The van der Waals surface area contributed by atoms with Crippen LogP contribution in [0.15, 0.2) is 18.5 Å². The van der Waals surface area contributed by atoms with Crippen LogP contribution in [-0.4, -0.2) is 58.8 Å². The molecular formula is C18H25N3O3. The summed E-state index contributed by atoms with van der Waals surface area (Å²) in [7, 11) is 0. The van der Waals surface area contributed by atoms with Gasteiger partial charge in [0.1, 0.15) is 5.60 Å². The first-order valence-electron chi connectivity index (χ1n) is 9.06. The Labute approximate surface area is 142 Å². The second kappa shape index (κ2) is 6.76. The Kier molecular flexibility index (Phi) is 4.50. The number of carbonyl (C=O) groups excluding carboxylic acids is 1. The lowest BCUT2D eigenvalue weighted by Gasteiger charge is -2.52. The molecule has 1 unspecified atom stereocenters. The van der Waals surface area contributed by atoms with Crippen LogP contribution in [-0.2, 0) is 9.47 Å². The maximum Gasteiger partial charge on any atom is 0.291 e. The Morgan fingerprint density at radius 1 is 1.25 bits per heavy atom. The number of hydrogen-bond acceptors (Lipinski definition) is 5. The van der Waals surface area contributed by atoms with E-state index >= 15 is 0 Å². The van der Waals surface area contributed by atoms with Crippen molar-refractivity contribution in [3.63, 3.8) is 0 Å². The first-order chi connectivity index (χ1) is 11.7. The summed E-state index contributed by atoms with van der Waals surface area (Å²) in [6.07, 6.45) is 10.6. The van der Waals surface area contributed by atoms with E-state index in [9.17, 15) is 4.79 Å². The fraction of sp³-hybridized carbons (Fsp3) is 0.722. The van der Waals surface area contributed by atoms with Gasteiger partial charge in [0.15, 0.2) is 0 Å². The predicted octanol–water partition coefficient (Wildman–Crippen LogP) is 2.06. The molecule has 1 aromatic rings. The summed E-state index contributed by atoms with van der Waals surface area (Å²) in [4.78, 5) is 22.2. The predicted molar refractivity (Wildman–Crippen MR) is 87.6 cm³/mol. The standard InChI is InChI=1S/C18H25N3O3/c22-17(16-19-7-3-8-20-16)21-12-18(13-21)10-15(6-9-24-18)23-11-14-4-1-2-5-14/h3,7-8,14-15H,1-2,4-6,9-13H2. The average molecular weight is 331 g/mol. The van der Waals surface area contributed by atoms with E-state index in [0.29, 0.717) is 13.1 Å². The van der Waals surface area contributed by atoms with Gasteiger partial charge in [-0.1, -0.05) is 12.8 Å². The molecule has 1 amide bonds. The molecule has 130 valence electrons. The zero-order valence-corrected chi connectivity index (χ0v) is 14.0. The van der Waals surface area contributed by atoms with Gasteiger partial charge in [-0.3, -0.25) is 4.79 Å². The maximum atomic E-state index is 12.3. The summed E-state index contributed by atoms with van der Waals surface area (Å²) in [5.41, 5.74) is -0.219. The molecule has 0 aromatic carbocycles. The fourth-order valence-corrected chi connectivity index (χ4v) is 4.14. The van der Waals surface area contributed by atoms with E-state index < -0.39 is 0 Å². The average Bonchev–Trinajstić information content (AvgIpc) is 3.12. The van der Waals surface area contributed by atoms with E-state index in [0.717, 1.165) is 32.0 Å². The van der Waals surface area contributed by atoms with Gasteiger partial charge in [0.2, 0.25) is 5.82 Å². The van der Waals surface area contributed by atoms with Gasteiger partial charge in [-0.15, -0.1) is 0 Å². The smallest absolute Gasteiger partial charge is 0.291 e. The van der Waals surface area contributed by atoms with E-state index in [4.69, 9.17) is 9.47 Å². The van der Waals surface area contributed by atoms with Crippen molar-refractivity contribution in [2.75, 3.05) is 26.3 Å². The number of rotatable bonds is 4. The number of nitrogens with zero attached hydrogens (tertiary/aromatic N) is 3. The van der Waals surface area contributed by atoms with E-state index in [2.05, 4.69) is 9.97 Å². The van der Waals surface area contributed by atoms with Crippen molar-refractivity contribution in [3.05, 3.63) is 24.3 Å². The summed E-state index contributed by atoms with van der Waals surface area (Å²) in [6.45, 7) is 2.85. The molecule has 0 bridgehead atoms. The molecule has 2 saturated heterocycles. The van der Waals surface area contributed by atoms with Crippen LogP contribution < -0.4 is 0 Å². The summed E-state index contributed by atoms with van der Waals surface area (Å²) in [5, 5.41) is 0. The van der Waals surface area contributed by atoms with E-state index in [1.54, 1.807) is 23.4 Å². The Balaban J connectivity index is 1.28. The van der Waals surface area contributed by atoms with Gasteiger partial charge in [0.25, 0.3) is 5.91 Å². The maximum absolute atomic E-state index is 12.3. The molecule has 3 aliphatic rings. The van der Waals surface area contributed by atoms with E-state index in [-0.39, 0.29) is 23.4 Å². The van der Waals surface area contributed by atoms with Crippen LogP contribution in [0.2, 0.25) is 0 Å². The van der Waals surface area contributed by atoms with Crippen molar-refractivity contribution in [3.8, 4) is 0 Å². The molecule has 0 N–H and O–H groups in total. The molecule has 1 saturated carbocycles. The molecule has 3 fully saturated rings. The topological polar surface area (TPSA) is 64.6 Å². The fourth-order valence-electron chi connectivity index (χ4n) is 4.14. The van der Waals surface area contributed by atoms with Crippen LogP contribution in [0.25, 0.3) is 0 Å². The molecule has 1 aromatic heterocycles. The molecular weight excluding hydrogens is 306 g/mol. The van der Waals surface area contributed by atoms with Crippen LogP contribution in [0.1, 0.15) is 49.1 Å². The summed E-state index contributed by atoms with van der Waals surface area (Å²) in [6, 6.07) is 1.71. The van der Waals surface area contributed by atoms with Crippen molar-refractivity contribution in [1.82, 2.24) is 14.9 Å². The van der Waals surface area contributed by atoms with Crippen molar-refractivity contribution < 1.29 is 14.3 Å². The lowest BCUT2D eigenvalue weighted by Crippen LogP contribution is -2.67. The molecule has 2 aliphatic heterocycles. The van der Waals surface area contributed by atoms with Gasteiger partial charge in [-0.2, -0.15) is 0 Å². The van der Waals surface area contributed by atoms with Crippen LogP contribution in [0, 0.1) is 5.92 Å². The lowest BCUT2D eigenvalue weighted by molar-refractivity contribution is -0.187. The number of aromatic nitrogens is 2. The highest BCUT2D eigenvalue weighted by molar-refractivity contribution is 5.91. The van der Waals surface area contributed by atoms with Crippen LogP contribution in [0.5, 0.6) is 0 Å². The van der Waals surface area contributed by atoms with Crippen molar-refractivity contribution in [2.45, 2.75) is 50.2 Å². The van der Waals surface area contributed by atoms with Gasteiger partial charge >= 0.3 is 0 Å². The highest BCUT2D eigenvalue weighted by atomic mass is 16.5. The van der Waals surface area contributed by atoms with Gasteiger partial charge in [0.05, 0.1) is 19.2 Å². The van der Waals surface area contributed by atoms with Crippen LogP contribution in [0.3, 0.4) is 0 Å². The normalized spacial score (nSPS) is 26.5. The minimum atomic E-state index is -0.219. The highest BCUT2D eigenvalue weighted by Gasteiger charge is 2.50. The van der Waals surface area contributed by atoms with Crippen molar-refractivity contribution in [1.29, 1.82) is 0 Å². The van der Waals surface area contributed by atoms with Crippen LogP contribution >= 0.6 is 0 Å². The summed E-state index contributed by atoms with van der Waals surface area (Å²) >= 11 is 0. The second-order valence-electron chi connectivity index (χ2n) is 7.36. The molecule has 6 nitrogen and oxygen atoms in total. The number of hydrogen-bond donors (Lipinski definition) is 0. The Morgan fingerprint density at radius 2 is 2.00 bits per heavy atom. The van der Waals surface area contributed by atoms with Gasteiger partial charge in [-0.25, -0.2) is 9.97 Å². The monoisotopic (exact) mass is 331 g/mol. The van der Waals surface area contributed by atoms with E-state index in [1.807, 2.05) is 0 Å². The molecule has 1 atom stereocenters. The number of amides is 1. The third kappa shape index (κ3) is 3.30. The lowest BCUT2D eigenvalue weighted by atomic mass is 9.84. The number of ether oxygens (including phenoxy) is 2. The molecule has 24 heavy (non-hydrogen) atoms.